The highest BCUT2D eigenvalue weighted by Gasteiger charge is 2.08. The van der Waals surface area contributed by atoms with Crippen molar-refractivity contribution in [1.29, 1.82) is 0 Å². The zero-order valence-electron chi connectivity index (χ0n) is 9.02. The molecular weight excluding hydrogens is 78.0 g/mol. The van der Waals surface area contributed by atoms with E-state index in [1.807, 2.05) is 5.32 Å². The van der Waals surface area contributed by atoms with Crippen molar-refractivity contribution in [3.05, 3.63) is 0 Å². The van der Waals surface area contributed by atoms with Gasteiger partial charge in [0.1, 0.15) is 0 Å². The van der Waals surface area contributed by atoms with Crippen LogP contribution in [0, 0.1) is 0 Å². The third-order valence-corrected chi connectivity index (χ3v) is 0.472. The predicted molar refractivity (Wildman–Crippen MR) is 23.5 cm³/mol. The third-order valence-electron chi connectivity index (χ3n) is 0.472. The summed E-state index contributed by atoms with van der Waals surface area (Å²) >= 11 is 0. The first kappa shape index (κ1) is 1.01. The molecule has 1 aliphatic rings. The molecule has 0 aromatic carbocycles. The smallest absolute Gasteiger partial charge is 0.0676 e. The second kappa shape index (κ2) is 1.58. The van der Waals surface area contributed by atoms with E-state index in [1.54, 1.807) is 0 Å². The molecule has 2 N–H and O–H groups in total. The molecule has 1 rings (SSSR count). The molecule has 1 saturated heterocycles. The average Bonchev–Trinajstić information content (AvgIpc) is 1.92. The van der Waals surface area contributed by atoms with Crippen molar-refractivity contribution < 1.29 is 13.3 Å². The zero-order chi connectivity index (χ0) is 9.78. The lowest BCUT2D eigenvalue weighted by Gasteiger charge is -1.90. The highest BCUT2D eigenvalue weighted by atomic mass is 16.3. The number of nitrogens with one attached hydrogen (secondary N) is 1. The van der Waals surface area contributed by atoms with Crippen LogP contribution in [0.4, 0.5) is 0 Å². The fourth-order valence-electron chi connectivity index (χ4n) is 0.241. The van der Waals surface area contributed by atoms with Crippen LogP contribution in [-0.2, 0) is 0 Å². The molecule has 6 heavy (non-hydrogen) atoms. The van der Waals surface area contributed by atoms with Gasteiger partial charge in [-0.05, 0) is 12.9 Å². The molecule has 0 aromatic heterocycles. The molecule has 2 heteroatoms. The van der Waals surface area contributed by atoms with E-state index in [0.717, 1.165) is 0 Å². The van der Waals surface area contributed by atoms with Crippen molar-refractivity contribution in [2.24, 2.45) is 0 Å². The van der Waals surface area contributed by atoms with Crippen LogP contribution in [0.15, 0.2) is 0 Å². The van der Waals surface area contributed by atoms with E-state index in [9.17, 15) is 0 Å². The van der Waals surface area contributed by atoms with Gasteiger partial charge in [-0.2, -0.15) is 0 Å². The Morgan fingerprint density at radius 3 is 3.17 bits per heavy atom. The van der Waals surface area contributed by atoms with Crippen LogP contribution in [0.5, 0.6) is 0 Å². The molecule has 2 unspecified atom stereocenters. The van der Waals surface area contributed by atoms with Crippen LogP contribution in [0.2, 0.25) is 0 Å². The molecule has 1 aliphatic heterocycles. The first-order valence-electron chi connectivity index (χ1n) is 4.63. The van der Waals surface area contributed by atoms with Crippen molar-refractivity contribution >= 4 is 0 Å². The van der Waals surface area contributed by atoms with E-state index in [0.29, 0.717) is 0 Å². The van der Waals surface area contributed by atoms with Gasteiger partial charge in [-0.3, -0.25) is 0 Å². The molecule has 0 saturated carbocycles. The first-order chi connectivity index (χ1) is 5.13. The van der Waals surface area contributed by atoms with Crippen LogP contribution in [0.3, 0.4) is 0 Å². The van der Waals surface area contributed by atoms with Gasteiger partial charge in [0.2, 0.25) is 0 Å². The van der Waals surface area contributed by atoms with Crippen LogP contribution in [0.1, 0.15) is 14.6 Å². The lowest BCUT2D eigenvalue weighted by atomic mass is 10.3. The number of rotatable bonds is 0. The lowest BCUT2D eigenvalue weighted by Crippen LogP contribution is -2.11. The van der Waals surface area contributed by atoms with E-state index in [-0.39, 0.29) is 0 Å². The number of hydrogen-bond acceptors (Lipinski definition) is 2. The van der Waals surface area contributed by atoms with Gasteiger partial charge in [0.25, 0.3) is 0 Å². The van der Waals surface area contributed by atoms with E-state index in [1.165, 1.54) is 0 Å². The van der Waals surface area contributed by atoms with Gasteiger partial charge in [0.15, 0.2) is 0 Å². The molecule has 2 nitrogen and oxygen atoms in total. The molecule has 2 atom stereocenters. The van der Waals surface area contributed by atoms with Crippen molar-refractivity contribution in [2.75, 3.05) is 13.0 Å². The van der Waals surface area contributed by atoms with Gasteiger partial charge >= 0.3 is 0 Å². The Morgan fingerprint density at radius 2 is 3.00 bits per heavy atom. The minimum absolute atomic E-state index is 1.68. The molecule has 1 heterocycles. The first-order valence-corrected chi connectivity index (χ1v) is 1.55. The topological polar surface area (TPSA) is 32.3 Å². The highest BCUT2D eigenvalue weighted by molar-refractivity contribution is 4.67. The minimum Gasteiger partial charge on any atom is -0.392 e. The standard InChI is InChI=1S/C4H9NO/c6-4-1-2-5-3-4/h4-6H,1-3H2/i1D2,2D2,3D,4D. The fourth-order valence-corrected chi connectivity index (χ4v) is 0.241. The van der Waals surface area contributed by atoms with Gasteiger partial charge < -0.3 is 10.4 Å². The molecule has 0 aromatic rings. The zero-order valence-corrected chi connectivity index (χ0v) is 3.02. The van der Waals surface area contributed by atoms with E-state index in [2.05, 4.69) is 0 Å². The van der Waals surface area contributed by atoms with Gasteiger partial charge in [-0.15, -0.1) is 0 Å². The maximum Gasteiger partial charge on any atom is 0.0676 e. The monoisotopic (exact) mass is 93.1 g/mol. The molecule has 0 bridgehead atoms. The molecule has 0 amide bonds. The molecular formula is C4H9NO. The molecule has 0 spiro atoms. The second-order valence-corrected chi connectivity index (χ2v) is 0.924. The maximum absolute atomic E-state index is 9.13. The number of β-amino-alcohol motifs (C(OH)–C–C–N with tert-alkyl or cyclic N) is 1. The SMILES string of the molecule is [2H]C1NC([2H])([2H])C([2H])([2H])C1([2H])O. The average molecular weight is 93.2 g/mol. The Labute approximate surface area is 45.6 Å². The van der Waals surface area contributed by atoms with Gasteiger partial charge in [-0.25, -0.2) is 0 Å². The quantitative estimate of drug-likeness (QED) is 0.417. The number of aliphatic hydroxyl groups is 1. The van der Waals surface area contributed by atoms with Crippen molar-refractivity contribution in [3.8, 4) is 0 Å². The van der Waals surface area contributed by atoms with E-state index in [4.69, 9.17) is 13.3 Å². The highest BCUT2D eigenvalue weighted by Crippen LogP contribution is 1.93. The van der Waals surface area contributed by atoms with Gasteiger partial charge in [-0.1, -0.05) is 0 Å². The normalized spacial score (nSPS) is 90.5. The van der Waals surface area contributed by atoms with Gasteiger partial charge in [0.05, 0.1) is 7.45 Å². The summed E-state index contributed by atoms with van der Waals surface area (Å²) in [5.41, 5.74) is 0. The van der Waals surface area contributed by atoms with Crippen LogP contribution in [-0.4, -0.2) is 24.2 Å². The summed E-state index contributed by atoms with van der Waals surface area (Å²) in [6.45, 7) is -4.22. The fraction of sp³-hybridized carbons (Fsp3) is 1.00. The Bertz CT molecular complexity index is 204. The van der Waals surface area contributed by atoms with Crippen molar-refractivity contribution in [1.82, 2.24) is 5.32 Å². The maximum atomic E-state index is 9.13. The summed E-state index contributed by atoms with van der Waals surface area (Å²) in [6.07, 6.45) is -5.54. The summed E-state index contributed by atoms with van der Waals surface area (Å²) in [5, 5.41) is 11.0. The molecule has 36 valence electrons. The third kappa shape index (κ3) is 0.698. The summed E-state index contributed by atoms with van der Waals surface area (Å²) in [7, 11) is 0. The summed E-state index contributed by atoms with van der Waals surface area (Å²) < 4.78 is 42.4. The van der Waals surface area contributed by atoms with Gasteiger partial charge in [0, 0.05) is 13.4 Å². The van der Waals surface area contributed by atoms with Crippen LogP contribution in [0.25, 0.3) is 0 Å². The van der Waals surface area contributed by atoms with E-state index >= 15 is 0 Å². The molecule has 1 fully saturated rings. The Hall–Kier alpha value is -0.0800. The predicted octanol–water partition coefficient (Wildman–Crippen LogP) is -0.659. The second-order valence-electron chi connectivity index (χ2n) is 0.924. The Morgan fingerprint density at radius 1 is 2.17 bits per heavy atom. The summed E-state index contributed by atoms with van der Waals surface area (Å²) in [6, 6.07) is 0. The molecule has 0 aliphatic carbocycles. The van der Waals surface area contributed by atoms with Crippen LogP contribution < -0.4 is 5.32 Å². The summed E-state index contributed by atoms with van der Waals surface area (Å²) in [4.78, 5) is 0. The van der Waals surface area contributed by atoms with Crippen molar-refractivity contribution in [3.63, 3.8) is 0 Å². The summed E-state index contributed by atoms with van der Waals surface area (Å²) in [5.74, 6) is 0. The Balaban J connectivity index is 3.10. The lowest BCUT2D eigenvalue weighted by molar-refractivity contribution is 0.196. The van der Waals surface area contributed by atoms with Crippen LogP contribution >= 0.6 is 0 Å². The Kier molecular flexibility index (Phi) is 0.265. The number of hydrogen-bond donors (Lipinski definition) is 2. The molecule has 0 radical (unpaired) electrons. The minimum atomic E-state index is -2.79. The van der Waals surface area contributed by atoms with Crippen molar-refractivity contribution in [2.45, 2.75) is 12.5 Å². The largest absolute Gasteiger partial charge is 0.392 e. The van der Waals surface area contributed by atoms with E-state index < -0.39 is 25.5 Å².